The van der Waals surface area contributed by atoms with Crippen molar-refractivity contribution < 1.29 is 9.53 Å². The molecule has 1 atom stereocenters. The van der Waals surface area contributed by atoms with Crippen LogP contribution in [0.3, 0.4) is 0 Å². The predicted molar refractivity (Wildman–Crippen MR) is 77.8 cm³/mol. The standard InChI is InChI=1S/C16H15NO2S/c18-12-5-3-7-14-15(12)17-16(20-14)11-8-10-4-1-2-6-13(10)19-9-11/h1-2,4,6,11H,3,5,7-9H2. The number of thiazole rings is 1. The number of hydrogen-bond acceptors (Lipinski definition) is 4. The summed E-state index contributed by atoms with van der Waals surface area (Å²) in [5.74, 6) is 1.49. The molecule has 1 aromatic carbocycles. The molecule has 0 amide bonds. The number of fused-ring (bicyclic) bond motifs is 2. The average Bonchev–Trinajstić information content (AvgIpc) is 2.92. The maximum absolute atomic E-state index is 11.9. The van der Waals surface area contributed by atoms with Gasteiger partial charge in [0, 0.05) is 17.2 Å². The molecule has 2 aromatic rings. The van der Waals surface area contributed by atoms with E-state index in [2.05, 4.69) is 11.1 Å². The average molecular weight is 285 g/mol. The van der Waals surface area contributed by atoms with E-state index in [0.717, 1.165) is 35.7 Å². The zero-order valence-electron chi connectivity index (χ0n) is 11.1. The summed E-state index contributed by atoms with van der Waals surface area (Å²) in [6.45, 7) is 0.664. The first-order chi connectivity index (χ1) is 9.81. The highest BCUT2D eigenvalue weighted by molar-refractivity contribution is 7.12. The van der Waals surface area contributed by atoms with Gasteiger partial charge in [0.2, 0.25) is 0 Å². The minimum atomic E-state index is 0.214. The zero-order valence-corrected chi connectivity index (χ0v) is 11.9. The number of nitrogens with zero attached hydrogens (tertiary/aromatic N) is 1. The van der Waals surface area contributed by atoms with E-state index in [9.17, 15) is 4.79 Å². The Morgan fingerprint density at radius 2 is 2.15 bits per heavy atom. The summed E-state index contributed by atoms with van der Waals surface area (Å²) < 4.78 is 5.83. The Morgan fingerprint density at radius 3 is 3.05 bits per heavy atom. The smallest absolute Gasteiger partial charge is 0.182 e. The van der Waals surface area contributed by atoms with E-state index in [-0.39, 0.29) is 11.7 Å². The first-order valence-corrected chi connectivity index (χ1v) is 7.86. The Hall–Kier alpha value is -1.68. The van der Waals surface area contributed by atoms with Crippen molar-refractivity contribution >= 4 is 17.1 Å². The molecule has 0 N–H and O–H groups in total. The lowest BCUT2D eigenvalue weighted by Crippen LogP contribution is -2.19. The number of rotatable bonds is 1. The number of para-hydroxylation sites is 1. The van der Waals surface area contributed by atoms with Crippen LogP contribution < -0.4 is 4.74 Å². The van der Waals surface area contributed by atoms with Gasteiger partial charge in [0.1, 0.15) is 16.5 Å². The van der Waals surface area contributed by atoms with Crippen LogP contribution in [-0.2, 0) is 12.8 Å². The molecule has 2 aliphatic rings. The molecule has 1 aromatic heterocycles. The summed E-state index contributed by atoms with van der Waals surface area (Å²) in [5, 5.41) is 1.07. The number of benzene rings is 1. The van der Waals surface area contributed by atoms with Crippen molar-refractivity contribution in [3.63, 3.8) is 0 Å². The van der Waals surface area contributed by atoms with Gasteiger partial charge < -0.3 is 4.74 Å². The number of aryl methyl sites for hydroxylation is 1. The molecule has 4 heteroatoms. The van der Waals surface area contributed by atoms with Gasteiger partial charge in [-0.2, -0.15) is 0 Å². The topological polar surface area (TPSA) is 39.2 Å². The van der Waals surface area contributed by atoms with Crippen LogP contribution in [0.2, 0.25) is 0 Å². The van der Waals surface area contributed by atoms with Crippen LogP contribution in [-0.4, -0.2) is 17.4 Å². The number of aromatic nitrogens is 1. The van der Waals surface area contributed by atoms with Gasteiger partial charge in [0.25, 0.3) is 0 Å². The van der Waals surface area contributed by atoms with Gasteiger partial charge in [-0.05, 0) is 30.9 Å². The van der Waals surface area contributed by atoms with Crippen LogP contribution in [0.25, 0.3) is 0 Å². The summed E-state index contributed by atoms with van der Waals surface area (Å²) >= 11 is 1.71. The Kier molecular flexibility index (Phi) is 2.84. The maximum Gasteiger partial charge on any atom is 0.182 e. The van der Waals surface area contributed by atoms with Crippen molar-refractivity contribution in [2.75, 3.05) is 6.61 Å². The van der Waals surface area contributed by atoms with Gasteiger partial charge in [-0.15, -0.1) is 11.3 Å². The van der Waals surface area contributed by atoms with Crippen molar-refractivity contribution in [3.8, 4) is 5.75 Å². The maximum atomic E-state index is 11.9. The van der Waals surface area contributed by atoms with Crippen molar-refractivity contribution in [2.45, 2.75) is 31.6 Å². The predicted octanol–water partition coefficient (Wildman–Crippen LogP) is 3.38. The van der Waals surface area contributed by atoms with E-state index >= 15 is 0 Å². The zero-order chi connectivity index (χ0) is 13.5. The van der Waals surface area contributed by atoms with E-state index in [1.54, 1.807) is 11.3 Å². The van der Waals surface area contributed by atoms with Crippen LogP contribution >= 0.6 is 11.3 Å². The van der Waals surface area contributed by atoms with E-state index in [0.29, 0.717) is 13.0 Å². The highest BCUT2D eigenvalue weighted by Crippen LogP contribution is 2.36. The molecule has 3 nitrogen and oxygen atoms in total. The Bertz CT molecular complexity index is 677. The molecule has 20 heavy (non-hydrogen) atoms. The molecule has 2 heterocycles. The molecule has 4 rings (SSSR count). The van der Waals surface area contributed by atoms with Crippen molar-refractivity contribution in [3.05, 3.63) is 45.4 Å². The molecule has 0 spiro atoms. The van der Waals surface area contributed by atoms with Gasteiger partial charge in [-0.25, -0.2) is 4.98 Å². The number of hydrogen-bond donors (Lipinski definition) is 0. The quantitative estimate of drug-likeness (QED) is 0.806. The molecule has 102 valence electrons. The molecule has 1 unspecified atom stereocenters. The monoisotopic (exact) mass is 285 g/mol. The number of carbonyl (C=O) groups excluding carboxylic acids is 1. The highest BCUT2D eigenvalue weighted by atomic mass is 32.1. The Morgan fingerprint density at radius 1 is 1.25 bits per heavy atom. The second kappa shape index (κ2) is 4.70. The van der Waals surface area contributed by atoms with Gasteiger partial charge in [-0.3, -0.25) is 4.79 Å². The second-order valence-corrected chi connectivity index (χ2v) is 6.54. The summed E-state index contributed by atoms with van der Waals surface area (Å²) in [7, 11) is 0. The van der Waals surface area contributed by atoms with Crippen LogP contribution in [0.15, 0.2) is 24.3 Å². The fourth-order valence-corrected chi connectivity index (χ4v) is 4.16. The summed E-state index contributed by atoms with van der Waals surface area (Å²) in [5.41, 5.74) is 1.97. The van der Waals surface area contributed by atoms with Crippen LogP contribution in [0.5, 0.6) is 5.75 Å². The molecular weight excluding hydrogens is 270 g/mol. The first kappa shape index (κ1) is 12.1. The molecule has 0 saturated heterocycles. The van der Waals surface area contributed by atoms with Crippen LogP contribution in [0.1, 0.15) is 44.7 Å². The van der Waals surface area contributed by atoms with Crippen molar-refractivity contribution in [2.24, 2.45) is 0 Å². The summed E-state index contributed by atoms with van der Waals surface area (Å²) in [6, 6.07) is 8.17. The molecule has 1 aliphatic carbocycles. The van der Waals surface area contributed by atoms with E-state index < -0.39 is 0 Å². The van der Waals surface area contributed by atoms with Gasteiger partial charge in [0.05, 0.1) is 6.61 Å². The number of carbonyl (C=O) groups is 1. The third kappa shape index (κ3) is 1.95. The van der Waals surface area contributed by atoms with E-state index in [1.807, 2.05) is 18.2 Å². The summed E-state index contributed by atoms with van der Waals surface area (Å²) in [4.78, 5) is 17.7. The number of Topliss-reactive ketones (excluding diaryl/α,β-unsaturated/α-hetero) is 1. The lowest BCUT2D eigenvalue weighted by Gasteiger charge is -2.23. The molecule has 0 saturated carbocycles. The summed E-state index contributed by atoms with van der Waals surface area (Å²) in [6.07, 6.45) is 3.58. The first-order valence-electron chi connectivity index (χ1n) is 7.05. The largest absolute Gasteiger partial charge is 0.493 e. The third-order valence-electron chi connectivity index (χ3n) is 4.01. The minimum Gasteiger partial charge on any atom is -0.493 e. The van der Waals surface area contributed by atoms with Gasteiger partial charge >= 0.3 is 0 Å². The van der Waals surface area contributed by atoms with Crippen LogP contribution in [0.4, 0.5) is 0 Å². The molecule has 0 bridgehead atoms. The molecular formula is C16H15NO2S. The minimum absolute atomic E-state index is 0.214. The van der Waals surface area contributed by atoms with Crippen LogP contribution in [0, 0.1) is 0 Å². The molecule has 0 radical (unpaired) electrons. The van der Waals surface area contributed by atoms with E-state index in [4.69, 9.17) is 4.74 Å². The highest BCUT2D eigenvalue weighted by Gasteiger charge is 2.28. The lowest BCUT2D eigenvalue weighted by atomic mass is 9.97. The fraction of sp³-hybridized carbons (Fsp3) is 0.375. The third-order valence-corrected chi connectivity index (χ3v) is 5.29. The molecule has 1 aliphatic heterocycles. The molecule has 0 fully saturated rings. The normalized spacial score (nSPS) is 21.0. The Labute approximate surface area is 121 Å². The van der Waals surface area contributed by atoms with Crippen molar-refractivity contribution in [1.82, 2.24) is 4.98 Å². The van der Waals surface area contributed by atoms with Gasteiger partial charge in [-0.1, -0.05) is 18.2 Å². The fourth-order valence-electron chi connectivity index (χ4n) is 2.95. The Balaban J connectivity index is 1.65. The van der Waals surface area contributed by atoms with Crippen molar-refractivity contribution in [1.29, 1.82) is 0 Å². The SMILES string of the molecule is O=C1CCCc2sc(C3COc4ccccc4C3)nc21. The van der Waals surface area contributed by atoms with Gasteiger partial charge in [0.15, 0.2) is 5.78 Å². The lowest BCUT2D eigenvalue weighted by molar-refractivity contribution is 0.0968. The number of ketones is 1. The van der Waals surface area contributed by atoms with E-state index in [1.165, 1.54) is 10.4 Å². The number of ether oxygens (including phenoxy) is 1. The second-order valence-electron chi connectivity index (χ2n) is 5.42.